The van der Waals surface area contributed by atoms with Crippen LogP contribution in [-0.2, 0) is 9.53 Å². The van der Waals surface area contributed by atoms with Gasteiger partial charge in [0.15, 0.2) is 6.10 Å². The van der Waals surface area contributed by atoms with E-state index < -0.39 is 18.2 Å². The SMILES string of the molecule is CCOC(=O)C(O)C(O)c1ccc(O)cc1N. The van der Waals surface area contributed by atoms with Crippen molar-refractivity contribution < 1.29 is 24.9 Å². The number of phenols is 1. The number of nitrogens with two attached hydrogens (primary N) is 1. The molecule has 2 unspecified atom stereocenters. The second-order valence-corrected chi connectivity index (χ2v) is 3.45. The highest BCUT2D eigenvalue weighted by molar-refractivity contribution is 5.76. The highest BCUT2D eigenvalue weighted by atomic mass is 16.5. The molecule has 0 aromatic heterocycles. The quantitative estimate of drug-likeness (QED) is 0.433. The lowest BCUT2D eigenvalue weighted by Gasteiger charge is -2.18. The van der Waals surface area contributed by atoms with Crippen LogP contribution in [0.1, 0.15) is 18.6 Å². The van der Waals surface area contributed by atoms with Crippen molar-refractivity contribution in [1.29, 1.82) is 0 Å². The number of anilines is 1. The third kappa shape index (κ3) is 3.08. The normalized spacial score (nSPS) is 14.1. The molecule has 0 saturated carbocycles. The van der Waals surface area contributed by atoms with E-state index >= 15 is 0 Å². The zero-order valence-electron chi connectivity index (χ0n) is 9.33. The lowest BCUT2D eigenvalue weighted by molar-refractivity contribution is -0.159. The molecule has 0 aliphatic heterocycles. The maximum Gasteiger partial charge on any atom is 0.338 e. The van der Waals surface area contributed by atoms with Crippen LogP contribution >= 0.6 is 0 Å². The van der Waals surface area contributed by atoms with Crippen LogP contribution in [-0.4, -0.2) is 34.0 Å². The van der Waals surface area contributed by atoms with Crippen molar-refractivity contribution in [3.63, 3.8) is 0 Å². The van der Waals surface area contributed by atoms with Gasteiger partial charge in [-0.2, -0.15) is 0 Å². The van der Waals surface area contributed by atoms with Gasteiger partial charge in [0.25, 0.3) is 0 Å². The van der Waals surface area contributed by atoms with Crippen LogP contribution in [0, 0.1) is 0 Å². The summed E-state index contributed by atoms with van der Waals surface area (Å²) in [5.74, 6) is -0.989. The molecule has 94 valence electrons. The molecule has 5 N–H and O–H groups in total. The van der Waals surface area contributed by atoms with Gasteiger partial charge in [-0.25, -0.2) is 4.79 Å². The van der Waals surface area contributed by atoms with Gasteiger partial charge in [0.2, 0.25) is 0 Å². The van der Waals surface area contributed by atoms with Gasteiger partial charge < -0.3 is 25.8 Å². The molecular formula is C11H15NO5. The van der Waals surface area contributed by atoms with Crippen molar-refractivity contribution in [2.24, 2.45) is 0 Å². The summed E-state index contributed by atoms with van der Waals surface area (Å²) in [5.41, 5.74) is 5.79. The maximum atomic E-state index is 11.2. The van der Waals surface area contributed by atoms with E-state index in [1.54, 1.807) is 6.92 Å². The predicted octanol–water partition coefficient (Wildman–Crippen LogP) is -0.0682. The number of carbonyl (C=O) groups excluding carboxylic acids is 1. The number of benzene rings is 1. The molecule has 0 fully saturated rings. The zero-order chi connectivity index (χ0) is 13.0. The molecule has 1 aromatic carbocycles. The summed E-state index contributed by atoms with van der Waals surface area (Å²) in [5, 5.41) is 28.4. The number of aromatic hydroxyl groups is 1. The van der Waals surface area contributed by atoms with Gasteiger partial charge in [-0.1, -0.05) is 6.07 Å². The summed E-state index contributed by atoms with van der Waals surface area (Å²) in [7, 11) is 0. The monoisotopic (exact) mass is 241 g/mol. The molecule has 0 amide bonds. The highest BCUT2D eigenvalue weighted by Gasteiger charge is 2.28. The van der Waals surface area contributed by atoms with E-state index in [4.69, 9.17) is 10.8 Å². The van der Waals surface area contributed by atoms with Gasteiger partial charge in [-0.3, -0.25) is 0 Å². The van der Waals surface area contributed by atoms with Gasteiger partial charge in [0.1, 0.15) is 11.9 Å². The number of rotatable bonds is 4. The Labute approximate surface area is 98.3 Å². The average molecular weight is 241 g/mol. The first-order valence-electron chi connectivity index (χ1n) is 5.08. The van der Waals surface area contributed by atoms with E-state index in [1.807, 2.05) is 0 Å². The Morgan fingerprint density at radius 1 is 1.47 bits per heavy atom. The van der Waals surface area contributed by atoms with Gasteiger partial charge in [-0.05, 0) is 13.0 Å². The Balaban J connectivity index is 2.88. The summed E-state index contributed by atoms with van der Waals surface area (Å²) in [6.07, 6.45) is -3.20. The lowest BCUT2D eigenvalue weighted by Crippen LogP contribution is -2.30. The molecule has 0 radical (unpaired) electrons. The summed E-state index contributed by atoms with van der Waals surface area (Å²) in [6.45, 7) is 1.69. The molecule has 0 heterocycles. The van der Waals surface area contributed by atoms with Crippen molar-refractivity contribution >= 4 is 11.7 Å². The number of aliphatic hydroxyl groups is 2. The summed E-state index contributed by atoms with van der Waals surface area (Å²) >= 11 is 0. The molecule has 6 heteroatoms. The topological polar surface area (TPSA) is 113 Å². The number of phenolic OH excluding ortho intramolecular Hbond substituents is 1. The number of nitrogen functional groups attached to an aromatic ring is 1. The Hall–Kier alpha value is -1.79. The smallest absolute Gasteiger partial charge is 0.338 e. The first kappa shape index (κ1) is 13.3. The van der Waals surface area contributed by atoms with Crippen LogP contribution < -0.4 is 5.73 Å². The van der Waals surface area contributed by atoms with Crippen LogP contribution in [0.5, 0.6) is 5.75 Å². The zero-order valence-corrected chi connectivity index (χ0v) is 9.33. The average Bonchev–Trinajstić information content (AvgIpc) is 2.27. The first-order chi connectivity index (χ1) is 7.97. The lowest BCUT2D eigenvalue weighted by atomic mass is 10.0. The Morgan fingerprint density at radius 2 is 2.12 bits per heavy atom. The van der Waals surface area contributed by atoms with Crippen molar-refractivity contribution in [1.82, 2.24) is 0 Å². The minimum Gasteiger partial charge on any atom is -0.508 e. The summed E-state index contributed by atoms with van der Waals surface area (Å²) in [6, 6.07) is 3.85. The van der Waals surface area contributed by atoms with Crippen LogP contribution in [0.4, 0.5) is 5.69 Å². The molecule has 0 bridgehead atoms. The number of hydrogen-bond acceptors (Lipinski definition) is 6. The fraction of sp³-hybridized carbons (Fsp3) is 0.364. The van der Waals surface area contributed by atoms with Crippen molar-refractivity contribution in [2.45, 2.75) is 19.1 Å². The van der Waals surface area contributed by atoms with Crippen LogP contribution in [0.25, 0.3) is 0 Å². The fourth-order valence-corrected chi connectivity index (χ4v) is 1.36. The van der Waals surface area contributed by atoms with E-state index in [9.17, 15) is 15.0 Å². The third-order valence-electron chi connectivity index (χ3n) is 2.22. The number of hydrogen-bond donors (Lipinski definition) is 4. The summed E-state index contributed by atoms with van der Waals surface area (Å²) < 4.78 is 4.57. The van der Waals surface area contributed by atoms with Gasteiger partial charge >= 0.3 is 5.97 Å². The molecule has 6 nitrogen and oxygen atoms in total. The number of carbonyl (C=O) groups is 1. The standard InChI is InChI=1S/C11H15NO5/c1-2-17-11(16)10(15)9(14)7-4-3-6(13)5-8(7)12/h3-5,9-10,13-15H,2,12H2,1H3. The largest absolute Gasteiger partial charge is 0.508 e. The van der Waals surface area contributed by atoms with E-state index in [-0.39, 0.29) is 23.6 Å². The molecule has 0 saturated heterocycles. The highest BCUT2D eigenvalue weighted by Crippen LogP contribution is 2.26. The number of aliphatic hydroxyl groups excluding tert-OH is 2. The minimum absolute atomic E-state index is 0.0657. The molecular weight excluding hydrogens is 226 g/mol. The molecule has 17 heavy (non-hydrogen) atoms. The van der Waals surface area contributed by atoms with E-state index in [1.165, 1.54) is 18.2 Å². The van der Waals surface area contributed by atoms with Crippen molar-refractivity contribution in [2.75, 3.05) is 12.3 Å². The van der Waals surface area contributed by atoms with E-state index in [2.05, 4.69) is 4.74 Å². The van der Waals surface area contributed by atoms with Crippen molar-refractivity contribution in [3.05, 3.63) is 23.8 Å². The second-order valence-electron chi connectivity index (χ2n) is 3.45. The molecule has 1 aromatic rings. The van der Waals surface area contributed by atoms with Crippen molar-refractivity contribution in [3.8, 4) is 5.75 Å². The van der Waals surface area contributed by atoms with Crippen LogP contribution in [0.2, 0.25) is 0 Å². The molecule has 1 rings (SSSR count). The Bertz CT molecular complexity index is 407. The van der Waals surface area contributed by atoms with Gasteiger partial charge in [0, 0.05) is 17.3 Å². The fourth-order valence-electron chi connectivity index (χ4n) is 1.36. The van der Waals surface area contributed by atoms with Crippen LogP contribution in [0.15, 0.2) is 18.2 Å². The van der Waals surface area contributed by atoms with E-state index in [0.717, 1.165) is 0 Å². The third-order valence-corrected chi connectivity index (χ3v) is 2.22. The number of esters is 1. The molecule has 0 aliphatic rings. The van der Waals surface area contributed by atoms with Gasteiger partial charge in [-0.15, -0.1) is 0 Å². The molecule has 2 atom stereocenters. The number of ether oxygens (including phenoxy) is 1. The van der Waals surface area contributed by atoms with Gasteiger partial charge in [0.05, 0.1) is 6.61 Å². The predicted molar refractivity (Wildman–Crippen MR) is 60.1 cm³/mol. The Kier molecular flexibility index (Phi) is 4.30. The molecule has 0 aliphatic carbocycles. The van der Waals surface area contributed by atoms with E-state index in [0.29, 0.717) is 0 Å². The molecule has 0 spiro atoms. The van der Waals surface area contributed by atoms with Crippen LogP contribution in [0.3, 0.4) is 0 Å². The summed E-state index contributed by atoms with van der Waals surface area (Å²) in [4.78, 5) is 11.2. The Morgan fingerprint density at radius 3 is 2.65 bits per heavy atom. The second kappa shape index (κ2) is 5.51. The first-order valence-corrected chi connectivity index (χ1v) is 5.08. The maximum absolute atomic E-state index is 11.2. The minimum atomic E-state index is -1.71.